The third kappa shape index (κ3) is 5.25. The van der Waals surface area contributed by atoms with E-state index in [-0.39, 0.29) is 12.4 Å². The van der Waals surface area contributed by atoms with Gasteiger partial charge in [0.15, 0.2) is 0 Å². The molecule has 0 aliphatic rings. The van der Waals surface area contributed by atoms with Crippen molar-refractivity contribution >= 4 is 12.4 Å². The zero-order valence-corrected chi connectivity index (χ0v) is 9.81. The van der Waals surface area contributed by atoms with Crippen LogP contribution < -0.4 is 5.32 Å². The van der Waals surface area contributed by atoms with Gasteiger partial charge in [-0.3, -0.25) is 4.68 Å². The molecule has 0 atom stereocenters. The average Bonchev–Trinajstić information content (AvgIpc) is 2.51. The second kappa shape index (κ2) is 7.83. The highest BCUT2D eigenvalue weighted by atomic mass is 35.5. The number of nitrogens with one attached hydrogen (secondary N) is 1. The van der Waals surface area contributed by atoms with Crippen molar-refractivity contribution in [3.05, 3.63) is 18.0 Å². The predicted molar refractivity (Wildman–Crippen MR) is 61.7 cm³/mol. The van der Waals surface area contributed by atoms with Gasteiger partial charge in [-0.25, -0.2) is 0 Å². The Labute approximate surface area is 92.3 Å². The molecule has 0 aliphatic heterocycles. The van der Waals surface area contributed by atoms with Crippen LogP contribution in [0, 0.1) is 0 Å². The van der Waals surface area contributed by atoms with Crippen molar-refractivity contribution in [2.24, 2.45) is 7.05 Å². The molecule has 3 nitrogen and oxygen atoms in total. The number of rotatable bonds is 6. The Hall–Kier alpha value is -0.540. The fourth-order valence-electron chi connectivity index (χ4n) is 1.30. The van der Waals surface area contributed by atoms with Gasteiger partial charge in [-0.1, -0.05) is 19.8 Å². The van der Waals surface area contributed by atoms with Crippen molar-refractivity contribution in [3.63, 3.8) is 0 Å². The maximum absolute atomic E-state index is 4.11. The van der Waals surface area contributed by atoms with E-state index in [0.29, 0.717) is 0 Å². The predicted octanol–water partition coefficient (Wildman–Crippen LogP) is 2.12. The molecule has 1 heterocycles. The number of aromatic nitrogens is 2. The molecule has 0 unspecified atom stereocenters. The second-order valence-electron chi connectivity index (χ2n) is 3.41. The molecule has 0 aliphatic carbocycles. The number of halogens is 1. The summed E-state index contributed by atoms with van der Waals surface area (Å²) in [5.74, 6) is 0. The van der Waals surface area contributed by atoms with Crippen LogP contribution in [-0.2, 0) is 13.6 Å². The molecule has 0 amide bonds. The van der Waals surface area contributed by atoms with Gasteiger partial charge in [-0.05, 0) is 13.0 Å². The summed E-state index contributed by atoms with van der Waals surface area (Å²) in [6.07, 6.45) is 7.84. The van der Waals surface area contributed by atoms with E-state index in [9.17, 15) is 0 Å². The SMILES string of the molecule is CCCCCNCc1cnn(C)c1.Cl. The molecular formula is C10H20ClN3. The quantitative estimate of drug-likeness (QED) is 0.740. The number of unbranched alkanes of at least 4 members (excludes halogenated alkanes) is 2. The first kappa shape index (κ1) is 13.5. The average molecular weight is 218 g/mol. The summed E-state index contributed by atoms with van der Waals surface area (Å²) < 4.78 is 1.84. The summed E-state index contributed by atoms with van der Waals surface area (Å²) in [4.78, 5) is 0. The van der Waals surface area contributed by atoms with Crippen LogP contribution in [-0.4, -0.2) is 16.3 Å². The molecular weight excluding hydrogens is 198 g/mol. The fourth-order valence-corrected chi connectivity index (χ4v) is 1.30. The fraction of sp³-hybridized carbons (Fsp3) is 0.700. The molecule has 0 aromatic carbocycles. The van der Waals surface area contributed by atoms with Crippen LogP contribution in [0.2, 0.25) is 0 Å². The highest BCUT2D eigenvalue weighted by Crippen LogP contribution is 1.96. The summed E-state index contributed by atoms with van der Waals surface area (Å²) in [5.41, 5.74) is 1.26. The highest BCUT2D eigenvalue weighted by molar-refractivity contribution is 5.85. The van der Waals surface area contributed by atoms with Crippen molar-refractivity contribution in [2.45, 2.75) is 32.7 Å². The molecule has 0 radical (unpaired) electrons. The van der Waals surface area contributed by atoms with E-state index in [0.717, 1.165) is 13.1 Å². The van der Waals surface area contributed by atoms with Crippen LogP contribution >= 0.6 is 12.4 Å². The molecule has 14 heavy (non-hydrogen) atoms. The lowest BCUT2D eigenvalue weighted by Crippen LogP contribution is -2.14. The van der Waals surface area contributed by atoms with Crippen LogP contribution in [0.1, 0.15) is 31.7 Å². The molecule has 1 N–H and O–H groups in total. The first-order valence-corrected chi connectivity index (χ1v) is 5.01. The van der Waals surface area contributed by atoms with E-state index >= 15 is 0 Å². The van der Waals surface area contributed by atoms with Crippen molar-refractivity contribution in [1.82, 2.24) is 15.1 Å². The number of hydrogen-bond acceptors (Lipinski definition) is 2. The van der Waals surface area contributed by atoms with Gasteiger partial charge in [0.05, 0.1) is 6.20 Å². The zero-order valence-electron chi connectivity index (χ0n) is 8.99. The Bertz CT molecular complexity index is 235. The normalized spacial score (nSPS) is 9.86. The van der Waals surface area contributed by atoms with E-state index in [1.807, 2.05) is 24.1 Å². The van der Waals surface area contributed by atoms with Gasteiger partial charge in [-0.15, -0.1) is 12.4 Å². The number of nitrogens with zero attached hydrogens (tertiary/aromatic N) is 2. The lowest BCUT2D eigenvalue weighted by molar-refractivity contribution is 0.616. The second-order valence-corrected chi connectivity index (χ2v) is 3.41. The van der Waals surface area contributed by atoms with Crippen molar-refractivity contribution in [3.8, 4) is 0 Å². The lowest BCUT2D eigenvalue weighted by Gasteiger charge is -2.00. The molecule has 0 bridgehead atoms. The maximum atomic E-state index is 4.11. The van der Waals surface area contributed by atoms with E-state index in [4.69, 9.17) is 0 Å². The van der Waals surface area contributed by atoms with Crippen LogP contribution in [0.4, 0.5) is 0 Å². The van der Waals surface area contributed by atoms with Crippen molar-refractivity contribution < 1.29 is 0 Å². The topological polar surface area (TPSA) is 29.9 Å². The van der Waals surface area contributed by atoms with E-state index in [1.54, 1.807) is 0 Å². The summed E-state index contributed by atoms with van der Waals surface area (Å²) in [6, 6.07) is 0. The van der Waals surface area contributed by atoms with Crippen LogP contribution in [0.15, 0.2) is 12.4 Å². The first-order chi connectivity index (χ1) is 6.33. The number of hydrogen-bond donors (Lipinski definition) is 1. The maximum Gasteiger partial charge on any atom is 0.0534 e. The molecule has 1 aromatic rings. The van der Waals surface area contributed by atoms with Crippen LogP contribution in [0.25, 0.3) is 0 Å². The summed E-state index contributed by atoms with van der Waals surface area (Å²) in [6.45, 7) is 4.28. The molecule has 1 aromatic heterocycles. The Morgan fingerprint density at radius 1 is 1.43 bits per heavy atom. The van der Waals surface area contributed by atoms with Crippen LogP contribution in [0.5, 0.6) is 0 Å². The van der Waals surface area contributed by atoms with Gasteiger partial charge in [-0.2, -0.15) is 5.10 Å². The van der Waals surface area contributed by atoms with Crippen LogP contribution in [0.3, 0.4) is 0 Å². The molecule has 0 spiro atoms. The van der Waals surface area contributed by atoms with Crippen molar-refractivity contribution in [2.75, 3.05) is 6.54 Å². The van der Waals surface area contributed by atoms with Gasteiger partial charge in [0, 0.05) is 25.4 Å². The lowest BCUT2D eigenvalue weighted by atomic mass is 10.2. The minimum Gasteiger partial charge on any atom is -0.313 e. The minimum absolute atomic E-state index is 0. The standard InChI is InChI=1S/C10H19N3.ClH/c1-3-4-5-6-11-7-10-8-12-13(2)9-10;/h8-9,11H,3-7H2,1-2H3;1H. The minimum atomic E-state index is 0. The Morgan fingerprint density at radius 2 is 2.21 bits per heavy atom. The molecule has 0 fully saturated rings. The van der Waals surface area contributed by atoms with E-state index in [2.05, 4.69) is 17.3 Å². The monoisotopic (exact) mass is 217 g/mol. The molecule has 1 rings (SSSR count). The molecule has 82 valence electrons. The zero-order chi connectivity index (χ0) is 9.52. The third-order valence-corrected chi connectivity index (χ3v) is 2.04. The van der Waals surface area contributed by atoms with Gasteiger partial charge < -0.3 is 5.32 Å². The Morgan fingerprint density at radius 3 is 2.79 bits per heavy atom. The first-order valence-electron chi connectivity index (χ1n) is 5.01. The van der Waals surface area contributed by atoms with E-state index in [1.165, 1.54) is 24.8 Å². The summed E-state index contributed by atoms with van der Waals surface area (Å²) >= 11 is 0. The molecule has 0 saturated carbocycles. The Kier molecular flexibility index (Phi) is 7.52. The van der Waals surface area contributed by atoms with Gasteiger partial charge in [0.2, 0.25) is 0 Å². The van der Waals surface area contributed by atoms with Gasteiger partial charge in [0.1, 0.15) is 0 Å². The van der Waals surface area contributed by atoms with E-state index < -0.39 is 0 Å². The molecule has 4 heteroatoms. The number of aryl methyl sites for hydroxylation is 1. The molecule has 0 saturated heterocycles. The summed E-state index contributed by atoms with van der Waals surface area (Å²) in [5, 5.41) is 7.50. The summed E-state index contributed by atoms with van der Waals surface area (Å²) in [7, 11) is 1.95. The van der Waals surface area contributed by atoms with Gasteiger partial charge >= 0.3 is 0 Å². The van der Waals surface area contributed by atoms with Crippen molar-refractivity contribution in [1.29, 1.82) is 0 Å². The Balaban J connectivity index is 0.00000169. The van der Waals surface area contributed by atoms with Gasteiger partial charge in [0.25, 0.3) is 0 Å². The third-order valence-electron chi connectivity index (χ3n) is 2.04. The largest absolute Gasteiger partial charge is 0.313 e. The highest BCUT2D eigenvalue weighted by Gasteiger charge is 1.94. The smallest absolute Gasteiger partial charge is 0.0534 e.